The van der Waals surface area contributed by atoms with Crippen LogP contribution in [-0.2, 0) is 13.1 Å². The largest absolute Gasteiger partial charge is 0.432 e. The molecule has 1 aliphatic heterocycles. The average molecular weight is 533 g/mol. The van der Waals surface area contributed by atoms with Gasteiger partial charge in [0, 0.05) is 24.4 Å². The molecule has 1 aromatic heterocycles. The fourth-order valence-corrected chi connectivity index (χ4v) is 5.03. The van der Waals surface area contributed by atoms with Crippen LogP contribution in [0, 0.1) is 5.92 Å². The van der Waals surface area contributed by atoms with Gasteiger partial charge < -0.3 is 9.80 Å². The number of aromatic nitrogens is 4. The van der Waals surface area contributed by atoms with Gasteiger partial charge in [0.15, 0.2) is 0 Å². The molecule has 0 radical (unpaired) electrons. The summed E-state index contributed by atoms with van der Waals surface area (Å²) in [6, 6.07) is 25.1. The molecule has 0 amide bonds. The summed E-state index contributed by atoms with van der Waals surface area (Å²) < 4.78 is 43.4. The number of aromatic amines is 1. The fraction of sp³-hybridized carbons (Fsp3) is 0.300. The molecule has 0 spiro atoms. The Morgan fingerprint density at radius 3 is 2.10 bits per heavy atom. The zero-order chi connectivity index (χ0) is 27.4. The molecule has 0 saturated heterocycles. The summed E-state index contributed by atoms with van der Waals surface area (Å²) in [6.07, 6.45) is -3.36. The molecule has 0 aliphatic carbocycles. The number of hydrogen-bond donors (Lipinski definition) is 1. The van der Waals surface area contributed by atoms with E-state index in [-0.39, 0.29) is 13.2 Å². The molecule has 4 aromatic rings. The summed E-state index contributed by atoms with van der Waals surface area (Å²) in [7, 11) is 0. The molecular formula is C30H31F3N6. The van der Waals surface area contributed by atoms with Crippen molar-refractivity contribution >= 4 is 0 Å². The van der Waals surface area contributed by atoms with Gasteiger partial charge in [0.05, 0.1) is 6.67 Å². The Bertz CT molecular complexity index is 1400. The van der Waals surface area contributed by atoms with Gasteiger partial charge in [-0.2, -0.15) is 18.4 Å². The van der Waals surface area contributed by atoms with Gasteiger partial charge in [-0.1, -0.05) is 92.7 Å². The molecular weight excluding hydrogens is 501 g/mol. The Morgan fingerprint density at radius 2 is 1.46 bits per heavy atom. The van der Waals surface area contributed by atoms with E-state index in [0.29, 0.717) is 36.8 Å². The van der Waals surface area contributed by atoms with Crippen molar-refractivity contribution in [3.8, 4) is 22.5 Å². The van der Waals surface area contributed by atoms with Gasteiger partial charge in [0.25, 0.3) is 0 Å². The number of H-pyrrole nitrogens is 1. The number of nitrogens with one attached hydrogen (secondary N) is 1. The normalized spacial score (nSPS) is 14.1. The number of benzene rings is 3. The minimum atomic E-state index is -4.43. The molecule has 0 atom stereocenters. The van der Waals surface area contributed by atoms with Crippen molar-refractivity contribution in [1.29, 1.82) is 0 Å². The third-order valence-corrected chi connectivity index (χ3v) is 6.91. The van der Waals surface area contributed by atoms with Crippen LogP contribution in [0.2, 0.25) is 0 Å². The first-order valence-corrected chi connectivity index (χ1v) is 13.1. The van der Waals surface area contributed by atoms with Gasteiger partial charge in [0.1, 0.15) is 5.70 Å². The lowest BCUT2D eigenvalue weighted by Gasteiger charge is -2.25. The second-order valence-corrected chi connectivity index (χ2v) is 10.2. The van der Waals surface area contributed by atoms with E-state index in [2.05, 4.69) is 20.6 Å². The second-order valence-electron chi connectivity index (χ2n) is 10.2. The standard InChI is InChI=1S/C30H31F3N6/c1-21(2)12-17-27-28(30(31,32)33)39(19-22-8-4-3-5-9-22)20-38(27)18-23-13-15-24(16-14-23)25-10-6-7-11-26(25)29-34-36-37-35-29/h3-11,13-16,21H,12,17-20H2,1-2H3,(H,34,35,36,37). The van der Waals surface area contributed by atoms with E-state index in [1.54, 1.807) is 0 Å². The monoisotopic (exact) mass is 532 g/mol. The summed E-state index contributed by atoms with van der Waals surface area (Å²) in [5.41, 5.74) is 4.44. The molecule has 0 saturated carbocycles. The molecule has 39 heavy (non-hydrogen) atoms. The number of alkyl halides is 3. The first kappa shape index (κ1) is 26.5. The Balaban J connectivity index is 1.42. The first-order valence-electron chi connectivity index (χ1n) is 13.1. The molecule has 1 N–H and O–H groups in total. The van der Waals surface area contributed by atoms with Crippen LogP contribution in [0.5, 0.6) is 0 Å². The van der Waals surface area contributed by atoms with E-state index in [1.165, 1.54) is 4.90 Å². The van der Waals surface area contributed by atoms with Crippen molar-refractivity contribution in [3.63, 3.8) is 0 Å². The maximum atomic E-state index is 14.5. The highest BCUT2D eigenvalue weighted by atomic mass is 19.4. The summed E-state index contributed by atoms with van der Waals surface area (Å²) in [5.74, 6) is 0.806. The zero-order valence-electron chi connectivity index (χ0n) is 22.0. The lowest BCUT2D eigenvalue weighted by Crippen LogP contribution is -2.31. The number of tetrazole rings is 1. The summed E-state index contributed by atoms with van der Waals surface area (Å²) >= 11 is 0. The third kappa shape index (κ3) is 6.13. The van der Waals surface area contributed by atoms with Gasteiger partial charge in [-0.15, -0.1) is 10.2 Å². The van der Waals surface area contributed by atoms with E-state index in [9.17, 15) is 13.2 Å². The first-order chi connectivity index (χ1) is 18.8. The van der Waals surface area contributed by atoms with Gasteiger partial charge >= 0.3 is 6.18 Å². The summed E-state index contributed by atoms with van der Waals surface area (Å²) in [6.45, 7) is 4.88. The molecule has 5 rings (SSSR count). The number of allylic oxidation sites excluding steroid dienone is 2. The summed E-state index contributed by atoms with van der Waals surface area (Å²) in [5, 5.41) is 14.4. The smallest absolute Gasteiger partial charge is 0.351 e. The molecule has 9 heteroatoms. The molecule has 0 fully saturated rings. The van der Waals surface area contributed by atoms with Crippen LogP contribution in [0.1, 0.15) is 37.8 Å². The predicted molar refractivity (Wildman–Crippen MR) is 145 cm³/mol. The van der Waals surface area contributed by atoms with Crippen molar-refractivity contribution in [2.24, 2.45) is 5.92 Å². The molecule has 2 heterocycles. The van der Waals surface area contributed by atoms with Crippen LogP contribution >= 0.6 is 0 Å². The Labute approximate surface area is 226 Å². The van der Waals surface area contributed by atoms with Crippen molar-refractivity contribution < 1.29 is 13.2 Å². The van der Waals surface area contributed by atoms with E-state index >= 15 is 0 Å². The molecule has 202 valence electrons. The van der Waals surface area contributed by atoms with Crippen molar-refractivity contribution in [1.82, 2.24) is 30.4 Å². The van der Waals surface area contributed by atoms with Gasteiger partial charge in [0.2, 0.25) is 5.82 Å². The number of rotatable bonds is 9. The number of hydrogen-bond acceptors (Lipinski definition) is 5. The van der Waals surface area contributed by atoms with E-state index in [0.717, 1.165) is 27.8 Å². The molecule has 0 unspecified atom stereocenters. The summed E-state index contributed by atoms with van der Waals surface area (Å²) in [4.78, 5) is 3.36. The Hall–Kier alpha value is -4.14. The lowest BCUT2D eigenvalue weighted by molar-refractivity contribution is -0.110. The quantitative estimate of drug-likeness (QED) is 0.251. The van der Waals surface area contributed by atoms with Crippen LogP contribution in [0.25, 0.3) is 22.5 Å². The van der Waals surface area contributed by atoms with Crippen molar-refractivity contribution in [3.05, 3.63) is 101 Å². The fourth-order valence-electron chi connectivity index (χ4n) is 5.03. The molecule has 3 aromatic carbocycles. The highest BCUT2D eigenvalue weighted by molar-refractivity contribution is 5.80. The Kier molecular flexibility index (Phi) is 7.67. The second kappa shape index (κ2) is 11.3. The van der Waals surface area contributed by atoms with E-state index in [1.807, 2.05) is 97.6 Å². The van der Waals surface area contributed by atoms with Crippen LogP contribution in [0.15, 0.2) is 90.3 Å². The SMILES string of the molecule is CC(C)CCC1=C(C(F)(F)F)N(Cc2ccccc2)CN1Cc1ccc(-c2ccccc2-c2nn[nH]n2)cc1. The van der Waals surface area contributed by atoms with Gasteiger partial charge in [-0.3, -0.25) is 0 Å². The minimum Gasteiger partial charge on any atom is -0.351 e. The topological polar surface area (TPSA) is 60.9 Å². The molecule has 1 aliphatic rings. The predicted octanol–water partition coefficient (Wildman–Crippen LogP) is 7.02. The van der Waals surface area contributed by atoms with Gasteiger partial charge in [-0.05, 0) is 46.2 Å². The minimum absolute atomic E-state index is 0.194. The maximum absolute atomic E-state index is 14.5. The number of halogens is 3. The van der Waals surface area contributed by atoms with E-state index < -0.39 is 11.9 Å². The maximum Gasteiger partial charge on any atom is 0.432 e. The van der Waals surface area contributed by atoms with Crippen LogP contribution in [0.3, 0.4) is 0 Å². The molecule has 6 nitrogen and oxygen atoms in total. The van der Waals surface area contributed by atoms with E-state index in [4.69, 9.17) is 0 Å². The highest BCUT2D eigenvalue weighted by Gasteiger charge is 2.45. The zero-order valence-corrected chi connectivity index (χ0v) is 22.0. The van der Waals surface area contributed by atoms with Crippen LogP contribution in [0.4, 0.5) is 13.2 Å². The van der Waals surface area contributed by atoms with Crippen molar-refractivity contribution in [2.45, 2.75) is 46.0 Å². The third-order valence-electron chi connectivity index (χ3n) is 6.91. The molecule has 0 bridgehead atoms. The number of nitrogens with zero attached hydrogens (tertiary/aromatic N) is 5. The van der Waals surface area contributed by atoms with Gasteiger partial charge in [-0.25, -0.2) is 0 Å². The van der Waals surface area contributed by atoms with Crippen LogP contribution in [-0.4, -0.2) is 43.3 Å². The Morgan fingerprint density at radius 1 is 0.821 bits per heavy atom. The van der Waals surface area contributed by atoms with Crippen molar-refractivity contribution in [2.75, 3.05) is 6.67 Å². The highest BCUT2D eigenvalue weighted by Crippen LogP contribution is 2.40. The lowest BCUT2D eigenvalue weighted by atomic mass is 9.98. The van der Waals surface area contributed by atoms with Crippen LogP contribution < -0.4 is 0 Å². The average Bonchev–Trinajstić information content (AvgIpc) is 3.57.